The van der Waals surface area contributed by atoms with Crippen LogP contribution in [0.15, 0.2) is 45.6 Å². The van der Waals surface area contributed by atoms with Crippen LogP contribution < -0.4 is 10.9 Å². The molecule has 0 saturated heterocycles. The Morgan fingerprint density at radius 1 is 1.17 bits per heavy atom. The van der Waals surface area contributed by atoms with E-state index in [1.54, 1.807) is 0 Å². The van der Waals surface area contributed by atoms with Crippen LogP contribution in [0.1, 0.15) is 25.3 Å². The molecule has 0 fully saturated rings. The molecule has 0 aliphatic carbocycles. The van der Waals surface area contributed by atoms with Crippen molar-refractivity contribution in [2.24, 2.45) is 0 Å². The maximum Gasteiger partial charge on any atom is 0.336 e. The highest BCUT2D eigenvalue weighted by Gasteiger charge is 2.12. The second kappa shape index (κ2) is 6.74. The van der Waals surface area contributed by atoms with Gasteiger partial charge in [0.05, 0.1) is 0 Å². The number of benzene rings is 2. The number of nitrogens with one attached hydrogen (secondary N) is 1. The number of fused-ring (bicyclic) bond motifs is 3. The summed E-state index contributed by atoms with van der Waals surface area (Å²) in [5.74, 6) is -0.267. The highest BCUT2D eigenvalue weighted by molar-refractivity contribution is 6.09. The molecule has 0 bridgehead atoms. The Balaban J connectivity index is 2.13. The summed E-state index contributed by atoms with van der Waals surface area (Å²) in [5.41, 5.74) is 1.67. The van der Waals surface area contributed by atoms with Crippen LogP contribution in [0.2, 0.25) is 0 Å². The van der Waals surface area contributed by atoms with Gasteiger partial charge >= 0.3 is 11.6 Å². The Labute approximate surface area is 139 Å². The first kappa shape index (κ1) is 16.1. The molecule has 3 rings (SSSR count). The fourth-order valence-corrected chi connectivity index (χ4v) is 2.82. The maximum absolute atomic E-state index is 12.0. The van der Waals surface area contributed by atoms with E-state index in [-0.39, 0.29) is 12.6 Å². The third-order valence-corrected chi connectivity index (χ3v) is 3.96. The Hall–Kier alpha value is -2.82. The molecular formula is C19H19NO4. The molecular weight excluding hydrogens is 306 g/mol. The quantitative estimate of drug-likeness (QED) is 0.438. The van der Waals surface area contributed by atoms with E-state index in [0.717, 1.165) is 28.3 Å². The van der Waals surface area contributed by atoms with Crippen LogP contribution in [0.4, 0.5) is 5.69 Å². The van der Waals surface area contributed by atoms with Crippen molar-refractivity contribution in [3.05, 3.63) is 52.4 Å². The molecule has 3 aromatic rings. The predicted molar refractivity (Wildman–Crippen MR) is 94.2 cm³/mol. The van der Waals surface area contributed by atoms with Gasteiger partial charge in [-0.05, 0) is 12.5 Å². The highest BCUT2D eigenvalue weighted by atomic mass is 16.5. The van der Waals surface area contributed by atoms with Crippen LogP contribution >= 0.6 is 0 Å². The van der Waals surface area contributed by atoms with Crippen LogP contribution in [0.3, 0.4) is 0 Å². The third kappa shape index (κ3) is 2.97. The van der Waals surface area contributed by atoms with Crippen molar-refractivity contribution < 1.29 is 13.9 Å². The summed E-state index contributed by atoms with van der Waals surface area (Å²) >= 11 is 0. The molecule has 0 aliphatic rings. The normalized spacial score (nSPS) is 10.9. The van der Waals surface area contributed by atoms with Crippen LogP contribution in [-0.4, -0.2) is 13.0 Å². The molecule has 1 aromatic heterocycles. The molecule has 2 aromatic carbocycles. The van der Waals surface area contributed by atoms with Gasteiger partial charge in [-0.3, -0.25) is 4.79 Å². The number of esters is 1. The molecule has 0 saturated carbocycles. The van der Waals surface area contributed by atoms with Crippen molar-refractivity contribution in [1.29, 1.82) is 0 Å². The van der Waals surface area contributed by atoms with Gasteiger partial charge in [-0.2, -0.15) is 0 Å². The third-order valence-electron chi connectivity index (χ3n) is 3.96. The highest BCUT2D eigenvalue weighted by Crippen LogP contribution is 2.31. The summed E-state index contributed by atoms with van der Waals surface area (Å²) in [4.78, 5) is 23.6. The number of hydrogen-bond donors (Lipinski definition) is 1. The number of anilines is 1. The van der Waals surface area contributed by atoms with E-state index in [4.69, 9.17) is 9.15 Å². The molecule has 0 aliphatic heterocycles. The zero-order valence-corrected chi connectivity index (χ0v) is 13.7. The first-order valence-electron chi connectivity index (χ1n) is 7.96. The van der Waals surface area contributed by atoms with Gasteiger partial charge in [0.15, 0.2) is 0 Å². The van der Waals surface area contributed by atoms with E-state index in [0.29, 0.717) is 17.6 Å². The average Bonchev–Trinajstić information content (AvgIpc) is 2.59. The summed E-state index contributed by atoms with van der Waals surface area (Å²) in [6, 6.07) is 11.0. The lowest BCUT2D eigenvalue weighted by atomic mass is 10.0. The molecule has 5 nitrogen and oxygen atoms in total. The molecule has 24 heavy (non-hydrogen) atoms. The van der Waals surface area contributed by atoms with Crippen molar-refractivity contribution >= 4 is 33.4 Å². The van der Waals surface area contributed by atoms with Gasteiger partial charge in [0, 0.05) is 46.9 Å². The van der Waals surface area contributed by atoms with Gasteiger partial charge in [-0.25, -0.2) is 4.79 Å². The predicted octanol–water partition coefficient (Wildman–Crippen LogP) is 3.83. The zero-order chi connectivity index (χ0) is 17.1. The molecule has 5 heteroatoms. The van der Waals surface area contributed by atoms with Crippen molar-refractivity contribution in [1.82, 2.24) is 0 Å². The summed E-state index contributed by atoms with van der Waals surface area (Å²) in [6.07, 6.45) is 1.10. The fourth-order valence-electron chi connectivity index (χ4n) is 2.82. The van der Waals surface area contributed by atoms with Crippen molar-refractivity contribution in [2.75, 3.05) is 12.4 Å². The SMILES string of the molecule is CCCC(=O)OCc1cc(=O)oc2c1ccc1c(NC)cccc12. The largest absolute Gasteiger partial charge is 0.461 e. The van der Waals surface area contributed by atoms with Crippen molar-refractivity contribution in [2.45, 2.75) is 26.4 Å². The summed E-state index contributed by atoms with van der Waals surface area (Å²) in [7, 11) is 1.85. The number of rotatable bonds is 5. The topological polar surface area (TPSA) is 68.5 Å². The lowest BCUT2D eigenvalue weighted by molar-refractivity contribution is -0.144. The van der Waals surface area contributed by atoms with E-state index < -0.39 is 5.63 Å². The number of hydrogen-bond acceptors (Lipinski definition) is 5. The number of carbonyl (C=O) groups excluding carboxylic acids is 1. The average molecular weight is 325 g/mol. The molecule has 0 amide bonds. The van der Waals surface area contributed by atoms with E-state index in [1.165, 1.54) is 6.07 Å². The summed E-state index contributed by atoms with van der Waals surface area (Å²) < 4.78 is 10.7. The van der Waals surface area contributed by atoms with Crippen molar-refractivity contribution in [3.8, 4) is 0 Å². The van der Waals surface area contributed by atoms with E-state index in [2.05, 4.69) is 5.32 Å². The molecule has 1 heterocycles. The lowest BCUT2D eigenvalue weighted by Gasteiger charge is -2.10. The van der Waals surface area contributed by atoms with Gasteiger partial charge < -0.3 is 14.5 Å². The van der Waals surface area contributed by atoms with Crippen molar-refractivity contribution in [3.63, 3.8) is 0 Å². The Morgan fingerprint density at radius 3 is 2.71 bits per heavy atom. The molecule has 0 atom stereocenters. The second-order valence-electron chi connectivity index (χ2n) is 5.59. The van der Waals surface area contributed by atoms with Gasteiger partial charge in [0.2, 0.25) is 0 Å². The number of ether oxygens (including phenoxy) is 1. The summed E-state index contributed by atoms with van der Waals surface area (Å²) in [5, 5.41) is 5.72. The fraction of sp³-hybridized carbons (Fsp3) is 0.263. The second-order valence-corrected chi connectivity index (χ2v) is 5.59. The Kier molecular flexibility index (Phi) is 4.51. The maximum atomic E-state index is 12.0. The van der Waals surface area contributed by atoms with E-state index in [1.807, 2.05) is 44.3 Å². The molecule has 0 unspecified atom stereocenters. The molecule has 124 valence electrons. The standard InChI is InChI=1S/C19H19NO4/c1-3-5-17(21)23-11-12-10-18(22)24-19-13(12)8-9-14-15(19)6-4-7-16(14)20-2/h4,6-10,20H,3,5,11H2,1-2H3. The smallest absolute Gasteiger partial charge is 0.336 e. The van der Waals surface area contributed by atoms with Gasteiger partial charge in [0.25, 0.3) is 0 Å². The lowest BCUT2D eigenvalue weighted by Crippen LogP contribution is -2.07. The van der Waals surface area contributed by atoms with Crippen LogP contribution in [0.5, 0.6) is 0 Å². The monoisotopic (exact) mass is 325 g/mol. The van der Waals surface area contributed by atoms with Gasteiger partial charge in [0.1, 0.15) is 12.2 Å². The zero-order valence-electron chi connectivity index (χ0n) is 13.7. The molecule has 0 radical (unpaired) electrons. The van der Waals surface area contributed by atoms with Crippen LogP contribution in [0.25, 0.3) is 21.7 Å². The van der Waals surface area contributed by atoms with Crippen LogP contribution in [0, 0.1) is 0 Å². The minimum Gasteiger partial charge on any atom is -0.461 e. The van der Waals surface area contributed by atoms with Crippen LogP contribution in [-0.2, 0) is 16.1 Å². The molecule has 0 spiro atoms. The molecule has 1 N–H and O–H groups in total. The number of carbonyl (C=O) groups is 1. The first-order chi connectivity index (χ1) is 11.6. The van der Waals surface area contributed by atoms with E-state index in [9.17, 15) is 9.59 Å². The Morgan fingerprint density at radius 2 is 1.96 bits per heavy atom. The minimum atomic E-state index is -0.452. The Bertz CT molecular complexity index is 959. The first-order valence-corrected chi connectivity index (χ1v) is 7.96. The summed E-state index contributed by atoms with van der Waals surface area (Å²) in [6.45, 7) is 1.98. The minimum absolute atomic E-state index is 0.0676. The van der Waals surface area contributed by atoms with E-state index >= 15 is 0 Å². The van der Waals surface area contributed by atoms with Gasteiger partial charge in [-0.15, -0.1) is 0 Å². The van der Waals surface area contributed by atoms with Gasteiger partial charge in [-0.1, -0.05) is 31.2 Å².